The zero-order valence-corrected chi connectivity index (χ0v) is 18.4. The van der Waals surface area contributed by atoms with Gasteiger partial charge in [-0.3, -0.25) is 4.40 Å². The van der Waals surface area contributed by atoms with Gasteiger partial charge in [0.25, 0.3) is 0 Å². The van der Waals surface area contributed by atoms with Crippen molar-refractivity contribution in [2.75, 3.05) is 5.73 Å². The molecule has 1 aliphatic carbocycles. The Morgan fingerprint density at radius 1 is 1.23 bits per heavy atom. The molecule has 0 radical (unpaired) electrons. The van der Waals surface area contributed by atoms with Crippen molar-refractivity contribution in [2.45, 2.75) is 63.0 Å². The van der Waals surface area contributed by atoms with E-state index >= 15 is 0 Å². The molecule has 9 nitrogen and oxygen atoms in total. The number of nitrogens with one attached hydrogen (secondary N) is 1. The molecule has 11 heteroatoms. The second kappa shape index (κ2) is 7.50. The fraction of sp³-hybridized carbons (Fsp3) is 0.450. The van der Waals surface area contributed by atoms with Gasteiger partial charge < -0.3 is 10.8 Å². The maximum absolute atomic E-state index is 14.7. The Morgan fingerprint density at radius 2 is 1.90 bits per heavy atom. The van der Waals surface area contributed by atoms with Crippen LogP contribution in [0, 0.1) is 19.7 Å². The highest BCUT2D eigenvalue weighted by atomic mass is 32.2. The smallest absolute Gasteiger partial charge is 0.243 e. The van der Waals surface area contributed by atoms with Crippen molar-refractivity contribution >= 4 is 21.7 Å². The molecule has 1 saturated carbocycles. The van der Waals surface area contributed by atoms with Gasteiger partial charge in [-0.2, -0.15) is 9.97 Å². The Morgan fingerprint density at radius 3 is 2.58 bits per heavy atom. The highest BCUT2D eigenvalue weighted by Gasteiger charge is 2.32. The normalized spacial score (nSPS) is 22.2. The first kappa shape index (κ1) is 21.6. The number of fused-ring (bicyclic) bond motifs is 1. The highest BCUT2D eigenvalue weighted by molar-refractivity contribution is 7.89. The summed E-state index contributed by atoms with van der Waals surface area (Å²) in [5.74, 6) is 0.136. The highest BCUT2D eigenvalue weighted by Crippen LogP contribution is 2.31. The van der Waals surface area contributed by atoms with Crippen molar-refractivity contribution in [1.82, 2.24) is 24.1 Å². The minimum absolute atomic E-state index is 0.198. The first-order valence-electron chi connectivity index (χ1n) is 10.00. The maximum atomic E-state index is 14.7. The summed E-state index contributed by atoms with van der Waals surface area (Å²) < 4.78 is 44.7. The van der Waals surface area contributed by atoms with Crippen LogP contribution in [0.2, 0.25) is 0 Å². The van der Waals surface area contributed by atoms with E-state index in [9.17, 15) is 17.9 Å². The third-order valence-electron chi connectivity index (χ3n) is 5.70. The molecule has 31 heavy (non-hydrogen) atoms. The van der Waals surface area contributed by atoms with Gasteiger partial charge in [0.15, 0.2) is 0 Å². The zero-order valence-electron chi connectivity index (χ0n) is 17.6. The number of nitrogen functional groups attached to an aromatic ring is 1. The van der Waals surface area contributed by atoms with Crippen molar-refractivity contribution in [2.24, 2.45) is 0 Å². The number of anilines is 1. The molecule has 3 aromatic rings. The van der Waals surface area contributed by atoms with Gasteiger partial charge in [-0.25, -0.2) is 22.5 Å². The van der Waals surface area contributed by atoms with E-state index in [1.165, 1.54) is 16.5 Å². The van der Waals surface area contributed by atoms with Gasteiger partial charge in [0.2, 0.25) is 21.7 Å². The van der Waals surface area contributed by atoms with Crippen LogP contribution in [0.25, 0.3) is 17.0 Å². The van der Waals surface area contributed by atoms with Crippen LogP contribution in [-0.2, 0) is 10.0 Å². The van der Waals surface area contributed by atoms with E-state index in [1.807, 2.05) is 0 Å². The molecular weight excluding hydrogens is 423 g/mol. The Balaban J connectivity index is 1.71. The van der Waals surface area contributed by atoms with Crippen molar-refractivity contribution in [1.29, 1.82) is 0 Å². The average molecular weight is 449 g/mol. The molecule has 0 unspecified atom stereocenters. The molecule has 2 heterocycles. The van der Waals surface area contributed by atoms with Crippen LogP contribution in [0.4, 0.5) is 10.3 Å². The molecule has 0 saturated heterocycles. The van der Waals surface area contributed by atoms with Crippen LogP contribution >= 0.6 is 0 Å². The topological polar surface area (TPSA) is 136 Å². The van der Waals surface area contributed by atoms with E-state index in [4.69, 9.17) is 5.73 Å². The summed E-state index contributed by atoms with van der Waals surface area (Å²) in [6.07, 6.45) is 3.51. The molecule has 4 N–H and O–H groups in total. The second-order valence-corrected chi connectivity index (χ2v) is 10.1. The van der Waals surface area contributed by atoms with Crippen LogP contribution in [0.1, 0.15) is 44.0 Å². The first-order chi connectivity index (χ1) is 14.4. The molecule has 0 bridgehead atoms. The third-order valence-corrected chi connectivity index (χ3v) is 7.24. The van der Waals surface area contributed by atoms with E-state index in [-0.39, 0.29) is 12.0 Å². The molecule has 0 atom stereocenters. The van der Waals surface area contributed by atoms with Crippen molar-refractivity contribution in [3.8, 4) is 11.3 Å². The Bertz CT molecular complexity index is 1260. The summed E-state index contributed by atoms with van der Waals surface area (Å²) in [6.45, 7) is 5.10. The third kappa shape index (κ3) is 4.25. The number of imidazole rings is 1. The van der Waals surface area contributed by atoms with Crippen molar-refractivity contribution < 1.29 is 17.9 Å². The van der Waals surface area contributed by atoms with Gasteiger partial charge in [0, 0.05) is 17.8 Å². The monoisotopic (exact) mass is 448 g/mol. The van der Waals surface area contributed by atoms with Crippen LogP contribution in [0.15, 0.2) is 23.2 Å². The van der Waals surface area contributed by atoms with Crippen LogP contribution in [-0.4, -0.2) is 44.5 Å². The number of aromatic nitrogens is 4. The lowest BCUT2D eigenvalue weighted by Gasteiger charge is -2.33. The Hall–Kier alpha value is -2.63. The summed E-state index contributed by atoms with van der Waals surface area (Å²) in [5, 5.41) is 10.1. The largest absolute Gasteiger partial charge is 0.390 e. The molecule has 0 aliphatic heterocycles. The van der Waals surface area contributed by atoms with Gasteiger partial charge in [0.1, 0.15) is 16.5 Å². The van der Waals surface area contributed by atoms with E-state index in [1.54, 1.807) is 27.0 Å². The van der Waals surface area contributed by atoms with Crippen molar-refractivity contribution in [3.05, 3.63) is 35.5 Å². The molecule has 1 aliphatic rings. The molecule has 166 valence electrons. The minimum Gasteiger partial charge on any atom is -0.390 e. The van der Waals surface area contributed by atoms with Gasteiger partial charge in [0.05, 0.1) is 11.3 Å². The molecule has 0 amide bonds. The second-order valence-electron chi connectivity index (χ2n) is 8.42. The maximum Gasteiger partial charge on any atom is 0.243 e. The molecule has 4 rings (SSSR count). The number of hydrogen-bond donors (Lipinski definition) is 3. The van der Waals surface area contributed by atoms with E-state index in [0.29, 0.717) is 54.1 Å². The average Bonchev–Trinajstić information content (AvgIpc) is 3.07. The quantitative estimate of drug-likeness (QED) is 0.556. The van der Waals surface area contributed by atoms with Crippen LogP contribution in [0.3, 0.4) is 0 Å². The van der Waals surface area contributed by atoms with E-state index in [0.717, 1.165) is 0 Å². The number of nitrogens with zero attached hydrogens (tertiary/aromatic N) is 4. The van der Waals surface area contributed by atoms with Crippen LogP contribution < -0.4 is 10.5 Å². The van der Waals surface area contributed by atoms with Crippen LogP contribution in [0.5, 0.6) is 0 Å². The Kier molecular flexibility index (Phi) is 5.23. The molecule has 1 fully saturated rings. The summed E-state index contributed by atoms with van der Waals surface area (Å²) in [5.41, 5.74) is 6.52. The van der Waals surface area contributed by atoms with Gasteiger partial charge in [-0.1, -0.05) is 0 Å². The SMILES string of the molecule is Cc1nc(N)n2cc(-c3cc(S(=O)(=O)NC4CCC(C)(O)CC4)c(F)cc3C)nc2n1. The lowest BCUT2D eigenvalue weighted by Crippen LogP contribution is -2.42. The lowest BCUT2D eigenvalue weighted by molar-refractivity contribution is 0.0163. The zero-order chi connectivity index (χ0) is 22.6. The predicted octanol–water partition coefficient (Wildman–Crippen LogP) is 2.10. The van der Waals surface area contributed by atoms with Crippen molar-refractivity contribution in [3.63, 3.8) is 0 Å². The summed E-state index contributed by atoms with van der Waals surface area (Å²) in [6, 6.07) is 2.10. The van der Waals surface area contributed by atoms with E-state index < -0.39 is 26.3 Å². The fourth-order valence-corrected chi connectivity index (χ4v) is 5.30. The molecular formula is C20H25FN6O3S. The van der Waals surface area contributed by atoms with E-state index in [2.05, 4.69) is 19.7 Å². The summed E-state index contributed by atoms with van der Waals surface area (Å²) in [7, 11) is -4.11. The number of rotatable bonds is 4. The molecule has 2 aromatic heterocycles. The number of aryl methyl sites for hydroxylation is 2. The number of benzene rings is 1. The lowest BCUT2D eigenvalue weighted by atomic mass is 9.84. The number of sulfonamides is 1. The number of aliphatic hydroxyl groups is 1. The number of hydrogen-bond acceptors (Lipinski definition) is 7. The first-order valence-corrected chi connectivity index (χ1v) is 11.5. The number of halogens is 1. The molecule has 0 spiro atoms. The summed E-state index contributed by atoms with van der Waals surface area (Å²) >= 11 is 0. The minimum atomic E-state index is -4.11. The standard InChI is InChI=1S/C20H25FN6O3S/c1-11-8-15(21)17(31(29,30)26-13-4-6-20(3,28)7-5-13)9-14(11)16-10-27-18(22)23-12(2)24-19(27)25-16/h8-10,13,26,28H,4-7H2,1-3H3,(H2,22,23,24,25). The fourth-order valence-electron chi connectivity index (χ4n) is 3.91. The summed E-state index contributed by atoms with van der Waals surface area (Å²) in [4.78, 5) is 12.3. The number of nitrogens with two attached hydrogens (primary N) is 1. The predicted molar refractivity (Wildman–Crippen MR) is 113 cm³/mol. The Labute approximate surface area is 179 Å². The molecule has 1 aromatic carbocycles. The van der Waals surface area contributed by atoms with Gasteiger partial charge in [-0.05, 0) is 64.2 Å². The van der Waals surface area contributed by atoms with Gasteiger partial charge >= 0.3 is 0 Å². The van der Waals surface area contributed by atoms with Gasteiger partial charge in [-0.15, -0.1) is 0 Å².